The normalized spacial score (nSPS) is 36.7. The van der Waals surface area contributed by atoms with Crippen LogP contribution in [0.5, 0.6) is 0 Å². The van der Waals surface area contributed by atoms with E-state index in [0.29, 0.717) is 18.8 Å². The Bertz CT molecular complexity index is 77.0. The Balaban J connectivity index is 2.18. The van der Waals surface area contributed by atoms with Gasteiger partial charge in [0.05, 0.1) is 0 Å². The van der Waals surface area contributed by atoms with Crippen LogP contribution in [0.25, 0.3) is 0 Å². The van der Waals surface area contributed by atoms with E-state index in [1.165, 1.54) is 0 Å². The van der Waals surface area contributed by atoms with Crippen LogP contribution in [0, 0.1) is 5.92 Å². The van der Waals surface area contributed by atoms with Crippen LogP contribution in [-0.2, 0) is 0 Å². The lowest BCUT2D eigenvalue weighted by Crippen LogP contribution is -2.17. The van der Waals surface area contributed by atoms with Gasteiger partial charge in [0.1, 0.15) is 6.17 Å². The number of rotatable bonds is 1. The van der Waals surface area contributed by atoms with E-state index < -0.39 is 6.17 Å². The first-order chi connectivity index (χ1) is 4.33. The smallest absolute Gasteiger partial charge is 0.100 e. The minimum atomic E-state index is -0.590. The highest BCUT2D eigenvalue weighted by Gasteiger charge is 2.19. The molecule has 1 N–H and O–H groups in total. The Kier molecular flexibility index (Phi) is 2.46. The minimum Gasteiger partial charge on any atom is -0.396 e. The van der Waals surface area contributed by atoms with E-state index in [0.717, 1.165) is 12.8 Å². The number of aliphatic hydroxyl groups is 1. The first kappa shape index (κ1) is 7.00. The molecule has 0 unspecified atom stereocenters. The van der Waals surface area contributed by atoms with Crippen molar-refractivity contribution in [1.82, 2.24) is 0 Å². The average molecular weight is 132 g/mol. The molecule has 1 saturated carbocycles. The molecule has 0 heterocycles. The zero-order chi connectivity index (χ0) is 6.69. The third-order valence-corrected chi connectivity index (χ3v) is 2.03. The van der Waals surface area contributed by atoms with Crippen molar-refractivity contribution in [2.45, 2.75) is 31.9 Å². The number of hydrogen-bond donors (Lipinski definition) is 1. The van der Waals surface area contributed by atoms with Crippen molar-refractivity contribution in [2.75, 3.05) is 6.61 Å². The summed E-state index contributed by atoms with van der Waals surface area (Å²) in [6.07, 6.45) is 2.47. The number of hydrogen-bond acceptors (Lipinski definition) is 1. The number of aliphatic hydroxyl groups excluding tert-OH is 1. The summed E-state index contributed by atoms with van der Waals surface area (Å²) >= 11 is 0. The highest BCUT2D eigenvalue weighted by Crippen LogP contribution is 2.25. The van der Waals surface area contributed by atoms with Gasteiger partial charge in [-0.15, -0.1) is 0 Å². The maximum atomic E-state index is 12.4. The van der Waals surface area contributed by atoms with Crippen molar-refractivity contribution in [3.05, 3.63) is 0 Å². The molecule has 2 heteroatoms. The molecule has 0 aromatic rings. The first-order valence-corrected chi connectivity index (χ1v) is 3.58. The summed E-state index contributed by atoms with van der Waals surface area (Å²) in [7, 11) is 0. The molecule has 0 aromatic carbocycles. The molecule has 0 amide bonds. The van der Waals surface area contributed by atoms with Crippen LogP contribution in [-0.4, -0.2) is 17.9 Å². The van der Waals surface area contributed by atoms with Crippen LogP contribution in [0.15, 0.2) is 0 Å². The van der Waals surface area contributed by atoms with Crippen molar-refractivity contribution < 1.29 is 9.50 Å². The van der Waals surface area contributed by atoms with Gasteiger partial charge < -0.3 is 5.11 Å². The summed E-state index contributed by atoms with van der Waals surface area (Å²) in [6, 6.07) is 0. The fourth-order valence-corrected chi connectivity index (χ4v) is 1.30. The molecule has 0 bridgehead atoms. The number of alkyl halides is 1. The topological polar surface area (TPSA) is 20.2 Å². The summed E-state index contributed by atoms with van der Waals surface area (Å²) in [5, 5.41) is 8.65. The molecular weight excluding hydrogens is 119 g/mol. The van der Waals surface area contributed by atoms with Crippen LogP contribution in [0.1, 0.15) is 25.7 Å². The molecule has 0 radical (unpaired) electrons. The summed E-state index contributed by atoms with van der Waals surface area (Å²) in [4.78, 5) is 0. The molecule has 1 rings (SSSR count). The Labute approximate surface area is 54.9 Å². The van der Waals surface area contributed by atoms with Gasteiger partial charge in [-0.1, -0.05) is 0 Å². The van der Waals surface area contributed by atoms with E-state index in [9.17, 15) is 4.39 Å². The van der Waals surface area contributed by atoms with Crippen LogP contribution in [0.4, 0.5) is 4.39 Å². The third kappa shape index (κ3) is 1.94. The molecule has 1 aliphatic rings. The van der Waals surface area contributed by atoms with Gasteiger partial charge in [-0.3, -0.25) is 0 Å². The maximum Gasteiger partial charge on any atom is 0.100 e. The van der Waals surface area contributed by atoms with Crippen LogP contribution < -0.4 is 0 Å². The lowest BCUT2D eigenvalue weighted by molar-refractivity contribution is 0.146. The summed E-state index contributed by atoms with van der Waals surface area (Å²) in [5.41, 5.74) is 0. The van der Waals surface area contributed by atoms with Gasteiger partial charge in [0.2, 0.25) is 0 Å². The monoisotopic (exact) mass is 132 g/mol. The van der Waals surface area contributed by atoms with E-state index >= 15 is 0 Å². The van der Waals surface area contributed by atoms with Gasteiger partial charge in [0.25, 0.3) is 0 Å². The Hall–Kier alpha value is -0.110. The average Bonchev–Trinajstić information content (AvgIpc) is 1.90. The van der Waals surface area contributed by atoms with Crippen molar-refractivity contribution in [3.63, 3.8) is 0 Å². The van der Waals surface area contributed by atoms with Crippen molar-refractivity contribution in [2.24, 2.45) is 5.92 Å². The lowest BCUT2D eigenvalue weighted by Gasteiger charge is -2.21. The maximum absolute atomic E-state index is 12.4. The van der Waals surface area contributed by atoms with Crippen molar-refractivity contribution in [1.29, 1.82) is 0 Å². The predicted molar refractivity (Wildman–Crippen MR) is 33.9 cm³/mol. The molecule has 54 valence electrons. The van der Waals surface area contributed by atoms with Crippen molar-refractivity contribution in [3.8, 4) is 0 Å². The minimum absolute atomic E-state index is 0.243. The fourth-order valence-electron chi connectivity index (χ4n) is 1.30. The van der Waals surface area contributed by atoms with E-state index in [-0.39, 0.29) is 6.61 Å². The molecule has 0 atom stereocenters. The zero-order valence-electron chi connectivity index (χ0n) is 5.52. The Morgan fingerprint density at radius 2 is 1.78 bits per heavy atom. The second-order valence-electron chi connectivity index (χ2n) is 2.80. The Morgan fingerprint density at radius 3 is 2.22 bits per heavy atom. The molecule has 0 saturated heterocycles. The molecule has 9 heavy (non-hydrogen) atoms. The summed E-state index contributed by atoms with van der Waals surface area (Å²) in [6.45, 7) is 0.243. The van der Waals surface area contributed by atoms with Gasteiger partial charge in [-0.25, -0.2) is 4.39 Å². The van der Waals surface area contributed by atoms with Crippen molar-refractivity contribution >= 4 is 0 Å². The fraction of sp³-hybridized carbons (Fsp3) is 1.00. The van der Waals surface area contributed by atoms with Gasteiger partial charge in [0, 0.05) is 6.61 Å². The quantitative estimate of drug-likeness (QED) is 0.573. The van der Waals surface area contributed by atoms with E-state index in [2.05, 4.69) is 0 Å². The second kappa shape index (κ2) is 3.16. The molecule has 0 aliphatic heterocycles. The molecule has 0 aromatic heterocycles. The first-order valence-electron chi connectivity index (χ1n) is 3.58. The van der Waals surface area contributed by atoms with E-state index in [1.807, 2.05) is 0 Å². The molecular formula is C7H13FO. The van der Waals surface area contributed by atoms with Gasteiger partial charge >= 0.3 is 0 Å². The highest BCUT2D eigenvalue weighted by atomic mass is 19.1. The largest absolute Gasteiger partial charge is 0.396 e. The van der Waals surface area contributed by atoms with Gasteiger partial charge in [-0.05, 0) is 31.6 Å². The SMILES string of the molecule is OCC1CCC(F)CC1. The lowest BCUT2D eigenvalue weighted by atomic mass is 9.89. The molecule has 0 spiro atoms. The number of halogens is 1. The predicted octanol–water partition coefficient (Wildman–Crippen LogP) is 1.51. The zero-order valence-corrected chi connectivity index (χ0v) is 5.52. The molecule has 1 aliphatic carbocycles. The summed E-state index contributed by atoms with van der Waals surface area (Å²) < 4.78 is 12.4. The molecule has 1 fully saturated rings. The van der Waals surface area contributed by atoms with E-state index in [4.69, 9.17) is 5.11 Å². The van der Waals surface area contributed by atoms with Gasteiger partial charge in [0.15, 0.2) is 0 Å². The third-order valence-electron chi connectivity index (χ3n) is 2.03. The van der Waals surface area contributed by atoms with Crippen LogP contribution in [0.2, 0.25) is 0 Å². The van der Waals surface area contributed by atoms with Gasteiger partial charge in [-0.2, -0.15) is 0 Å². The Morgan fingerprint density at radius 1 is 1.22 bits per heavy atom. The highest BCUT2D eigenvalue weighted by molar-refractivity contribution is 4.70. The standard InChI is InChI=1S/C7H13FO/c8-7-3-1-6(5-9)2-4-7/h6-7,9H,1-5H2. The van der Waals surface area contributed by atoms with Crippen LogP contribution >= 0.6 is 0 Å². The molecule has 1 nitrogen and oxygen atoms in total. The summed E-state index contributed by atoms with van der Waals surface area (Å²) in [5.74, 6) is 0.386. The van der Waals surface area contributed by atoms with E-state index in [1.54, 1.807) is 0 Å². The second-order valence-corrected chi connectivity index (χ2v) is 2.80. The van der Waals surface area contributed by atoms with Crippen LogP contribution in [0.3, 0.4) is 0 Å².